The number of hydrogen-bond acceptors (Lipinski definition) is 5. The van der Waals surface area contributed by atoms with Crippen LogP contribution in [0.3, 0.4) is 0 Å². The van der Waals surface area contributed by atoms with Crippen LogP contribution < -0.4 is 5.32 Å². The molecule has 0 radical (unpaired) electrons. The third-order valence-corrected chi connectivity index (χ3v) is 6.13. The minimum atomic E-state index is -4.48. The van der Waals surface area contributed by atoms with Gasteiger partial charge in [0.1, 0.15) is 18.4 Å². The van der Waals surface area contributed by atoms with Crippen LogP contribution in [0.2, 0.25) is 0 Å². The predicted molar refractivity (Wildman–Crippen MR) is 96.2 cm³/mol. The quantitative estimate of drug-likeness (QED) is 0.810. The molecule has 0 saturated carbocycles. The molecule has 3 aliphatic heterocycles. The van der Waals surface area contributed by atoms with Crippen molar-refractivity contribution < 1.29 is 22.8 Å². The molecule has 2 amide bonds. The number of piperidine rings is 3. The zero-order valence-electron chi connectivity index (χ0n) is 15.9. The van der Waals surface area contributed by atoms with Crippen molar-refractivity contribution >= 4 is 11.8 Å². The summed E-state index contributed by atoms with van der Waals surface area (Å²) in [6.07, 6.45) is 1.47. The molecule has 3 aliphatic rings. The number of carbonyl (C=O) groups excluding carboxylic acids is 2. The first-order valence-corrected chi connectivity index (χ1v) is 9.95. The first kappa shape index (κ1) is 20.1. The second-order valence-electron chi connectivity index (χ2n) is 8.15. The first-order chi connectivity index (χ1) is 13.8. The van der Waals surface area contributed by atoms with E-state index in [1.165, 1.54) is 0 Å². The van der Waals surface area contributed by atoms with Crippen molar-refractivity contribution in [3.63, 3.8) is 0 Å². The fourth-order valence-corrected chi connectivity index (χ4v) is 5.12. The average Bonchev–Trinajstić information content (AvgIpc) is 2.67. The Kier molecular flexibility index (Phi) is 5.46. The van der Waals surface area contributed by atoms with Gasteiger partial charge in [-0.3, -0.25) is 14.5 Å². The Morgan fingerprint density at radius 2 is 1.93 bits per heavy atom. The molecule has 1 N–H and O–H groups in total. The van der Waals surface area contributed by atoms with Gasteiger partial charge in [0.05, 0.1) is 6.54 Å². The highest BCUT2D eigenvalue weighted by Crippen LogP contribution is 2.42. The summed E-state index contributed by atoms with van der Waals surface area (Å²) < 4.78 is 37.9. The van der Waals surface area contributed by atoms with Gasteiger partial charge in [0.25, 0.3) is 0 Å². The number of rotatable bonds is 4. The number of alkyl halides is 3. The number of aromatic nitrogens is 2. The Morgan fingerprint density at radius 3 is 2.66 bits per heavy atom. The van der Waals surface area contributed by atoms with Gasteiger partial charge < -0.3 is 10.2 Å². The zero-order valence-corrected chi connectivity index (χ0v) is 15.9. The van der Waals surface area contributed by atoms with Crippen LogP contribution in [-0.4, -0.2) is 69.5 Å². The number of halogens is 3. The molecule has 0 unspecified atom stereocenters. The van der Waals surface area contributed by atoms with Crippen LogP contribution in [0.1, 0.15) is 31.5 Å². The lowest BCUT2D eigenvalue weighted by atomic mass is 9.71. The Bertz CT molecular complexity index is 760. The van der Waals surface area contributed by atoms with Gasteiger partial charge in [0.15, 0.2) is 0 Å². The zero-order chi connectivity index (χ0) is 20.6. The van der Waals surface area contributed by atoms with Crippen LogP contribution in [0.15, 0.2) is 18.5 Å². The van der Waals surface area contributed by atoms with Crippen LogP contribution >= 0.6 is 0 Å². The van der Waals surface area contributed by atoms with Gasteiger partial charge in [-0.15, -0.1) is 0 Å². The maximum atomic E-state index is 12.8. The lowest BCUT2D eigenvalue weighted by molar-refractivity contribution is -0.163. The van der Waals surface area contributed by atoms with Crippen molar-refractivity contribution in [2.75, 3.05) is 19.6 Å². The fourth-order valence-electron chi connectivity index (χ4n) is 5.12. The number of carbonyl (C=O) groups is 2. The molecule has 29 heavy (non-hydrogen) atoms. The maximum Gasteiger partial charge on any atom is 0.405 e. The standard InChI is InChI=1S/C19H24F3N5O2/c20-19(21,22)11-25-18(29)17-13-7-12(14-3-1-4-16(28)27(14)17)8-26(9-13)10-15-23-5-2-6-24-15/h2,5-6,12-14,17H,1,3-4,7-11H2,(H,25,29)/t12-,13+,14+,17-/m1/s1. The molecular weight excluding hydrogens is 387 g/mol. The van der Waals surface area contributed by atoms with Crippen molar-refractivity contribution in [1.82, 2.24) is 25.1 Å². The van der Waals surface area contributed by atoms with E-state index in [1.54, 1.807) is 23.4 Å². The highest BCUT2D eigenvalue weighted by molar-refractivity contribution is 5.89. The van der Waals surface area contributed by atoms with Gasteiger partial charge in [-0.1, -0.05) is 0 Å². The molecule has 158 valence electrons. The summed E-state index contributed by atoms with van der Waals surface area (Å²) in [4.78, 5) is 37.7. The number of hydrogen-bond donors (Lipinski definition) is 1. The number of amides is 2. The third-order valence-electron chi connectivity index (χ3n) is 6.13. The molecule has 4 rings (SSSR count). The molecule has 3 fully saturated rings. The minimum Gasteiger partial charge on any atom is -0.345 e. The van der Waals surface area contributed by atoms with Crippen molar-refractivity contribution in [2.45, 2.75) is 50.5 Å². The second kappa shape index (κ2) is 7.89. The fraction of sp³-hybridized carbons (Fsp3) is 0.684. The topological polar surface area (TPSA) is 78.4 Å². The van der Waals surface area contributed by atoms with Gasteiger partial charge >= 0.3 is 6.18 Å². The Hall–Kier alpha value is -2.23. The molecule has 0 aromatic carbocycles. The summed E-state index contributed by atoms with van der Waals surface area (Å²) >= 11 is 0. The SMILES string of the molecule is O=C(NCC(F)(F)F)[C@H]1[C@H]2C[C@H](CN(Cc3ncccn3)C2)[C@@H]2CCCC(=O)N21. The third kappa shape index (κ3) is 4.36. The number of nitrogens with one attached hydrogen (secondary N) is 1. The molecule has 1 aromatic heterocycles. The van der Waals surface area contributed by atoms with Gasteiger partial charge in [0, 0.05) is 43.9 Å². The number of likely N-dealkylation sites (tertiary alicyclic amines) is 1. The Morgan fingerprint density at radius 1 is 1.21 bits per heavy atom. The highest BCUT2D eigenvalue weighted by Gasteiger charge is 2.52. The first-order valence-electron chi connectivity index (χ1n) is 9.95. The summed E-state index contributed by atoms with van der Waals surface area (Å²) in [6.45, 7) is 0.424. The Labute approximate surface area is 166 Å². The lowest BCUT2D eigenvalue weighted by Crippen LogP contribution is -2.68. The average molecular weight is 411 g/mol. The van der Waals surface area contributed by atoms with E-state index >= 15 is 0 Å². The maximum absolute atomic E-state index is 12.8. The molecule has 0 aliphatic carbocycles. The van der Waals surface area contributed by atoms with E-state index in [-0.39, 0.29) is 23.8 Å². The smallest absolute Gasteiger partial charge is 0.345 e. The predicted octanol–water partition coefficient (Wildman–Crippen LogP) is 1.36. The van der Waals surface area contributed by atoms with E-state index in [0.717, 1.165) is 25.8 Å². The van der Waals surface area contributed by atoms with Crippen LogP contribution in [0.4, 0.5) is 13.2 Å². The van der Waals surface area contributed by atoms with E-state index in [9.17, 15) is 22.8 Å². The number of fused-ring (bicyclic) bond motifs is 4. The van der Waals surface area contributed by atoms with E-state index in [0.29, 0.717) is 25.3 Å². The molecule has 4 heterocycles. The summed E-state index contributed by atoms with van der Waals surface area (Å²) in [6, 6.07) is 0.778. The van der Waals surface area contributed by atoms with Crippen molar-refractivity contribution in [1.29, 1.82) is 0 Å². The molecular formula is C19H24F3N5O2. The molecule has 2 bridgehead atoms. The largest absolute Gasteiger partial charge is 0.405 e. The van der Waals surface area contributed by atoms with Crippen LogP contribution in [-0.2, 0) is 16.1 Å². The lowest BCUT2D eigenvalue weighted by Gasteiger charge is -2.55. The number of nitrogens with zero attached hydrogens (tertiary/aromatic N) is 4. The van der Waals surface area contributed by atoms with Crippen molar-refractivity contribution in [2.24, 2.45) is 11.8 Å². The van der Waals surface area contributed by atoms with Crippen molar-refractivity contribution in [3.05, 3.63) is 24.3 Å². The van der Waals surface area contributed by atoms with Crippen molar-refractivity contribution in [3.8, 4) is 0 Å². The summed E-state index contributed by atoms with van der Waals surface area (Å²) in [7, 11) is 0. The monoisotopic (exact) mass is 411 g/mol. The van der Waals surface area contributed by atoms with E-state index in [2.05, 4.69) is 14.9 Å². The summed E-state index contributed by atoms with van der Waals surface area (Å²) in [5, 5.41) is 2.01. The van der Waals surface area contributed by atoms with Crippen LogP contribution in [0.5, 0.6) is 0 Å². The highest BCUT2D eigenvalue weighted by atomic mass is 19.4. The molecule has 1 aromatic rings. The molecule has 3 saturated heterocycles. The van der Waals surface area contributed by atoms with Gasteiger partial charge in [0.2, 0.25) is 11.8 Å². The van der Waals surface area contributed by atoms with Crippen LogP contribution in [0, 0.1) is 11.8 Å². The van der Waals surface area contributed by atoms with Gasteiger partial charge in [-0.2, -0.15) is 13.2 Å². The molecule has 10 heteroatoms. The van der Waals surface area contributed by atoms with Gasteiger partial charge in [-0.25, -0.2) is 9.97 Å². The normalized spacial score (nSPS) is 30.0. The summed E-state index contributed by atoms with van der Waals surface area (Å²) in [5.41, 5.74) is 0. The Balaban J connectivity index is 1.55. The van der Waals surface area contributed by atoms with E-state index in [4.69, 9.17) is 0 Å². The molecule has 4 atom stereocenters. The van der Waals surface area contributed by atoms with E-state index < -0.39 is 24.7 Å². The minimum absolute atomic E-state index is 0.103. The van der Waals surface area contributed by atoms with E-state index in [1.807, 2.05) is 5.32 Å². The second-order valence-corrected chi connectivity index (χ2v) is 8.15. The summed E-state index contributed by atoms with van der Waals surface area (Å²) in [5.74, 6) is -0.161. The van der Waals surface area contributed by atoms with Gasteiger partial charge in [-0.05, 0) is 31.2 Å². The van der Waals surface area contributed by atoms with Crippen LogP contribution in [0.25, 0.3) is 0 Å². The molecule has 7 nitrogen and oxygen atoms in total. The molecule has 0 spiro atoms.